The van der Waals surface area contributed by atoms with Crippen molar-refractivity contribution in [1.29, 1.82) is 0 Å². The van der Waals surface area contributed by atoms with Crippen molar-refractivity contribution in [1.82, 2.24) is 4.90 Å². The van der Waals surface area contributed by atoms with Gasteiger partial charge in [0.05, 0.1) is 0 Å². The van der Waals surface area contributed by atoms with Gasteiger partial charge < -0.3 is 4.90 Å². The first kappa shape index (κ1) is 26.2. The molecule has 0 aromatic rings. The predicted molar refractivity (Wildman–Crippen MR) is 132 cm³/mol. The number of rotatable bonds is 20. The molecular formula is C27H52N2. The zero-order valence-corrected chi connectivity index (χ0v) is 20.3. The summed E-state index contributed by atoms with van der Waals surface area (Å²) in [5, 5.41) is 0. The Kier molecular flexibility index (Phi) is 17.4. The Balaban J connectivity index is 2.44. The maximum absolute atomic E-state index is 5.04. The van der Waals surface area contributed by atoms with Crippen molar-refractivity contribution in [3.63, 3.8) is 0 Å². The van der Waals surface area contributed by atoms with E-state index in [1.807, 2.05) is 0 Å². The molecule has 0 radical (unpaired) electrons. The molecule has 0 aromatic heterocycles. The largest absolute Gasteiger partial charge is 0.334 e. The van der Waals surface area contributed by atoms with Crippen molar-refractivity contribution >= 4 is 5.84 Å². The quantitative estimate of drug-likeness (QED) is 0.185. The van der Waals surface area contributed by atoms with Crippen LogP contribution in [0.2, 0.25) is 0 Å². The minimum atomic E-state index is 0.681. The van der Waals surface area contributed by atoms with Crippen LogP contribution in [0.3, 0.4) is 0 Å². The van der Waals surface area contributed by atoms with E-state index in [-0.39, 0.29) is 0 Å². The Morgan fingerprint density at radius 3 is 1.72 bits per heavy atom. The molecule has 0 aliphatic carbocycles. The van der Waals surface area contributed by atoms with E-state index in [1.54, 1.807) is 0 Å². The van der Waals surface area contributed by atoms with Crippen LogP contribution < -0.4 is 0 Å². The molecule has 0 spiro atoms. The molecule has 1 rings (SSSR count). The summed E-state index contributed by atoms with van der Waals surface area (Å²) in [6.07, 6.45) is 30.4. The lowest BCUT2D eigenvalue weighted by Crippen LogP contribution is -2.33. The zero-order chi connectivity index (χ0) is 21.0. The fraction of sp³-hybridized carbons (Fsp3) is 0.889. The molecule has 0 saturated heterocycles. The lowest BCUT2D eigenvalue weighted by atomic mass is 9.99. The number of unbranched alkanes of at least 4 members (excludes halogenated alkanes) is 13. The van der Waals surface area contributed by atoms with Crippen LogP contribution in [0.4, 0.5) is 0 Å². The minimum Gasteiger partial charge on any atom is -0.334 e. The van der Waals surface area contributed by atoms with E-state index in [0.29, 0.717) is 6.04 Å². The van der Waals surface area contributed by atoms with Crippen LogP contribution in [-0.4, -0.2) is 23.3 Å². The second-order valence-corrected chi connectivity index (χ2v) is 9.12. The van der Waals surface area contributed by atoms with E-state index >= 15 is 0 Å². The SMILES string of the molecule is CCCCCCCCN=C1CC=CN1C(CCCCCCC)CCCCCCC. The van der Waals surface area contributed by atoms with Gasteiger partial charge in [0.2, 0.25) is 0 Å². The monoisotopic (exact) mass is 404 g/mol. The molecule has 0 atom stereocenters. The van der Waals surface area contributed by atoms with Gasteiger partial charge in [-0.3, -0.25) is 4.99 Å². The average Bonchev–Trinajstić information content (AvgIpc) is 3.19. The zero-order valence-electron chi connectivity index (χ0n) is 20.3. The van der Waals surface area contributed by atoms with Crippen molar-refractivity contribution in [3.05, 3.63) is 12.3 Å². The van der Waals surface area contributed by atoms with Gasteiger partial charge in [0.1, 0.15) is 5.84 Å². The Hall–Kier alpha value is -0.790. The molecule has 1 aliphatic rings. The van der Waals surface area contributed by atoms with Crippen molar-refractivity contribution in [2.75, 3.05) is 6.54 Å². The summed E-state index contributed by atoms with van der Waals surface area (Å²) in [6, 6.07) is 0.681. The van der Waals surface area contributed by atoms with Crippen LogP contribution in [0, 0.1) is 0 Å². The summed E-state index contributed by atoms with van der Waals surface area (Å²) in [5.41, 5.74) is 0. The molecule has 0 aromatic carbocycles. The molecule has 1 aliphatic heterocycles. The maximum atomic E-state index is 5.04. The molecule has 0 bridgehead atoms. The number of hydrogen-bond acceptors (Lipinski definition) is 1. The molecule has 0 amide bonds. The van der Waals surface area contributed by atoms with Crippen LogP contribution in [0.1, 0.15) is 143 Å². The van der Waals surface area contributed by atoms with Crippen LogP contribution in [-0.2, 0) is 0 Å². The van der Waals surface area contributed by atoms with Gasteiger partial charge in [0.25, 0.3) is 0 Å². The van der Waals surface area contributed by atoms with Gasteiger partial charge in [-0.1, -0.05) is 123 Å². The van der Waals surface area contributed by atoms with E-state index in [0.717, 1.165) is 13.0 Å². The molecule has 0 saturated carbocycles. The fourth-order valence-corrected chi connectivity index (χ4v) is 4.43. The number of hydrogen-bond donors (Lipinski definition) is 0. The Labute approximate surface area is 183 Å². The van der Waals surface area contributed by atoms with E-state index in [2.05, 4.69) is 37.9 Å². The third kappa shape index (κ3) is 13.2. The summed E-state index contributed by atoms with van der Waals surface area (Å²) in [6.45, 7) is 7.93. The van der Waals surface area contributed by atoms with Gasteiger partial charge in [-0.2, -0.15) is 0 Å². The van der Waals surface area contributed by atoms with Gasteiger partial charge in [0.15, 0.2) is 0 Å². The van der Waals surface area contributed by atoms with Gasteiger partial charge in [-0.15, -0.1) is 0 Å². The molecule has 2 heteroatoms. The first-order valence-electron chi connectivity index (χ1n) is 13.3. The topological polar surface area (TPSA) is 15.6 Å². The maximum Gasteiger partial charge on any atom is 0.107 e. The molecule has 170 valence electrons. The third-order valence-electron chi connectivity index (χ3n) is 6.35. The fourth-order valence-electron chi connectivity index (χ4n) is 4.43. The number of nitrogens with zero attached hydrogens (tertiary/aromatic N) is 2. The molecule has 29 heavy (non-hydrogen) atoms. The molecule has 0 fully saturated rings. The van der Waals surface area contributed by atoms with Crippen molar-refractivity contribution in [2.24, 2.45) is 4.99 Å². The van der Waals surface area contributed by atoms with Crippen molar-refractivity contribution in [3.8, 4) is 0 Å². The molecule has 2 nitrogen and oxygen atoms in total. The smallest absolute Gasteiger partial charge is 0.107 e. The van der Waals surface area contributed by atoms with Crippen molar-refractivity contribution in [2.45, 2.75) is 149 Å². The highest BCUT2D eigenvalue weighted by molar-refractivity contribution is 5.87. The van der Waals surface area contributed by atoms with E-state index < -0.39 is 0 Å². The first-order chi connectivity index (χ1) is 14.3. The lowest BCUT2D eigenvalue weighted by molar-refractivity contribution is 0.333. The highest BCUT2D eigenvalue weighted by Gasteiger charge is 2.22. The van der Waals surface area contributed by atoms with Gasteiger partial charge in [-0.25, -0.2) is 0 Å². The van der Waals surface area contributed by atoms with E-state index in [9.17, 15) is 0 Å². The van der Waals surface area contributed by atoms with Gasteiger partial charge in [0, 0.05) is 25.2 Å². The second kappa shape index (κ2) is 19.2. The summed E-state index contributed by atoms with van der Waals surface area (Å²) < 4.78 is 0. The van der Waals surface area contributed by atoms with E-state index in [1.165, 1.54) is 121 Å². The summed E-state index contributed by atoms with van der Waals surface area (Å²) in [5.74, 6) is 1.35. The van der Waals surface area contributed by atoms with Crippen LogP contribution in [0.25, 0.3) is 0 Å². The van der Waals surface area contributed by atoms with Crippen molar-refractivity contribution < 1.29 is 0 Å². The predicted octanol–water partition coefficient (Wildman–Crippen LogP) is 9.05. The van der Waals surface area contributed by atoms with Gasteiger partial charge in [-0.05, 0) is 19.3 Å². The Morgan fingerprint density at radius 2 is 1.17 bits per heavy atom. The van der Waals surface area contributed by atoms with E-state index in [4.69, 9.17) is 4.99 Å². The lowest BCUT2D eigenvalue weighted by Gasteiger charge is -2.29. The number of amidine groups is 1. The van der Waals surface area contributed by atoms with Crippen LogP contribution in [0.5, 0.6) is 0 Å². The number of aliphatic imine (C=N–C) groups is 1. The summed E-state index contributed by atoms with van der Waals surface area (Å²) >= 11 is 0. The minimum absolute atomic E-state index is 0.681. The highest BCUT2D eigenvalue weighted by Crippen LogP contribution is 2.23. The summed E-state index contributed by atoms with van der Waals surface area (Å²) in [7, 11) is 0. The Bertz CT molecular complexity index is 399. The van der Waals surface area contributed by atoms with Crippen LogP contribution in [0.15, 0.2) is 17.3 Å². The van der Waals surface area contributed by atoms with Gasteiger partial charge >= 0.3 is 0 Å². The molecule has 0 unspecified atom stereocenters. The molecular weight excluding hydrogens is 352 g/mol. The average molecular weight is 405 g/mol. The Morgan fingerprint density at radius 1 is 0.690 bits per heavy atom. The second-order valence-electron chi connectivity index (χ2n) is 9.12. The highest BCUT2D eigenvalue weighted by atomic mass is 15.2. The molecule has 1 heterocycles. The van der Waals surface area contributed by atoms with Crippen LogP contribution >= 0.6 is 0 Å². The summed E-state index contributed by atoms with van der Waals surface area (Å²) in [4.78, 5) is 7.60. The molecule has 0 N–H and O–H groups in total. The standard InChI is InChI=1S/C27H52N2/c1-4-7-10-13-16-19-24-28-27-23-20-25-29(27)26(21-17-14-11-8-5-2)22-18-15-12-9-6-3/h20,25-26H,4-19,21-24H2,1-3H3. The third-order valence-corrected chi connectivity index (χ3v) is 6.35. The first-order valence-corrected chi connectivity index (χ1v) is 13.3. The normalized spacial score (nSPS) is 15.3.